The Balaban J connectivity index is 2.29. The molecule has 24 heavy (non-hydrogen) atoms. The fourth-order valence-electron chi connectivity index (χ4n) is 2.46. The van der Waals surface area contributed by atoms with Crippen molar-refractivity contribution in [2.45, 2.75) is 30.7 Å². The summed E-state index contributed by atoms with van der Waals surface area (Å²) in [5.41, 5.74) is 7.65. The van der Waals surface area contributed by atoms with Crippen molar-refractivity contribution in [3.05, 3.63) is 45.0 Å². The van der Waals surface area contributed by atoms with Gasteiger partial charge in [0.2, 0.25) is 5.91 Å². The molecule has 2 rings (SSSR count). The average molecular weight is 366 g/mol. The van der Waals surface area contributed by atoms with Crippen LogP contribution in [0.3, 0.4) is 0 Å². The lowest BCUT2D eigenvalue weighted by Crippen LogP contribution is -2.49. The fraction of sp³-hybridized carbons (Fsp3) is 0.462. The van der Waals surface area contributed by atoms with Gasteiger partial charge in [-0.05, 0) is 24.6 Å². The fourth-order valence-corrected chi connectivity index (χ4v) is 2.64. The molecule has 0 bridgehead atoms. The van der Waals surface area contributed by atoms with Gasteiger partial charge in [-0.15, -0.1) is 0 Å². The lowest BCUT2D eigenvalue weighted by Gasteiger charge is -2.25. The van der Waals surface area contributed by atoms with E-state index in [0.29, 0.717) is 13.0 Å². The van der Waals surface area contributed by atoms with Crippen LogP contribution in [0.1, 0.15) is 18.0 Å². The van der Waals surface area contributed by atoms with Crippen LogP contribution in [0.4, 0.5) is 17.6 Å². The molecule has 0 saturated carbocycles. The van der Waals surface area contributed by atoms with Gasteiger partial charge in [0, 0.05) is 10.5 Å². The first-order valence-corrected chi connectivity index (χ1v) is 7.22. The molecule has 2 N–H and O–H groups in total. The number of hydrogen-bond acceptors (Lipinski definition) is 3. The van der Waals surface area contributed by atoms with Crippen LogP contribution in [0, 0.1) is 5.82 Å². The Bertz CT molecular complexity index is 677. The van der Waals surface area contributed by atoms with Gasteiger partial charge in [-0.1, -0.05) is 28.8 Å². The highest BCUT2D eigenvalue weighted by Crippen LogP contribution is 2.35. The summed E-state index contributed by atoms with van der Waals surface area (Å²) >= 11 is 5.51. The second-order valence-corrected chi connectivity index (χ2v) is 5.53. The van der Waals surface area contributed by atoms with Crippen molar-refractivity contribution in [3.63, 3.8) is 0 Å². The lowest BCUT2D eigenvalue weighted by atomic mass is 10.0. The van der Waals surface area contributed by atoms with Crippen molar-refractivity contribution < 1.29 is 22.4 Å². The Hall–Kier alpha value is -2.03. The van der Waals surface area contributed by atoms with E-state index in [1.165, 1.54) is 0 Å². The minimum atomic E-state index is -4.94. The molecule has 1 fully saturated rings. The maximum Gasteiger partial charge on any atom is 0.412 e. The van der Waals surface area contributed by atoms with Gasteiger partial charge in [0.25, 0.3) is 0 Å². The monoisotopic (exact) mass is 365 g/mol. The Kier molecular flexibility index (Phi) is 5.53. The standard InChI is InChI=1S/C13H12ClF4N5O/c14-7-3-1-2-6(9(7)15)11(13(16,17)18)21-12(24)10-8(22-23-19)4-5-20-10/h1-3,8,10-11,20H,4-5H2,(H,21,24)/t8?,10-,11-/m0/s1. The summed E-state index contributed by atoms with van der Waals surface area (Å²) < 4.78 is 53.8. The van der Waals surface area contributed by atoms with E-state index in [2.05, 4.69) is 15.3 Å². The van der Waals surface area contributed by atoms with Crippen LogP contribution in [0.15, 0.2) is 23.3 Å². The summed E-state index contributed by atoms with van der Waals surface area (Å²) in [4.78, 5) is 14.7. The highest BCUT2D eigenvalue weighted by molar-refractivity contribution is 6.30. The number of rotatable bonds is 4. The highest BCUT2D eigenvalue weighted by Gasteiger charge is 2.45. The number of nitrogens with one attached hydrogen (secondary N) is 2. The van der Waals surface area contributed by atoms with Crippen LogP contribution in [-0.4, -0.2) is 30.7 Å². The van der Waals surface area contributed by atoms with E-state index >= 15 is 0 Å². The van der Waals surface area contributed by atoms with Gasteiger partial charge in [0.1, 0.15) is 5.82 Å². The smallest absolute Gasteiger partial charge is 0.339 e. The number of amides is 1. The molecule has 1 aliphatic heterocycles. The number of carbonyl (C=O) groups excluding carboxylic acids is 1. The van der Waals surface area contributed by atoms with Gasteiger partial charge in [-0.25, -0.2) is 4.39 Å². The van der Waals surface area contributed by atoms with Crippen LogP contribution in [0.25, 0.3) is 10.4 Å². The second kappa shape index (κ2) is 7.25. The maximum absolute atomic E-state index is 13.9. The van der Waals surface area contributed by atoms with Crippen molar-refractivity contribution in [1.82, 2.24) is 10.6 Å². The maximum atomic E-state index is 13.9. The predicted molar refractivity (Wildman–Crippen MR) is 77.7 cm³/mol. The van der Waals surface area contributed by atoms with Gasteiger partial charge in [-0.2, -0.15) is 13.2 Å². The van der Waals surface area contributed by atoms with Gasteiger partial charge >= 0.3 is 6.18 Å². The molecule has 0 spiro atoms. The van der Waals surface area contributed by atoms with E-state index in [0.717, 1.165) is 18.2 Å². The molecule has 1 aliphatic rings. The van der Waals surface area contributed by atoms with Crippen LogP contribution < -0.4 is 10.6 Å². The summed E-state index contributed by atoms with van der Waals surface area (Å²) in [5.74, 6) is -2.29. The van der Waals surface area contributed by atoms with Gasteiger partial charge in [0.05, 0.1) is 17.1 Å². The van der Waals surface area contributed by atoms with E-state index in [-0.39, 0.29) is 0 Å². The summed E-state index contributed by atoms with van der Waals surface area (Å²) in [6.07, 6.45) is -4.63. The second-order valence-electron chi connectivity index (χ2n) is 5.12. The first-order chi connectivity index (χ1) is 11.3. The van der Waals surface area contributed by atoms with E-state index < -0.39 is 46.6 Å². The molecule has 1 unspecified atom stereocenters. The zero-order valence-electron chi connectivity index (χ0n) is 12.0. The summed E-state index contributed by atoms with van der Waals surface area (Å²) in [5, 5.41) is 7.32. The van der Waals surface area contributed by atoms with Crippen LogP contribution >= 0.6 is 11.6 Å². The predicted octanol–water partition coefficient (Wildman–Crippen LogP) is 3.24. The van der Waals surface area contributed by atoms with E-state index in [4.69, 9.17) is 17.1 Å². The third kappa shape index (κ3) is 3.89. The Morgan fingerprint density at radius 1 is 1.50 bits per heavy atom. The molecule has 1 aromatic rings. The third-order valence-corrected chi connectivity index (χ3v) is 3.87. The SMILES string of the molecule is [N-]=[N+]=NC1CCN[C@@H]1C(=O)N[C@@H](c1cccc(Cl)c1F)C(F)(F)F. The molecule has 6 nitrogen and oxygen atoms in total. The molecule has 1 amide bonds. The average Bonchev–Trinajstić information content (AvgIpc) is 2.95. The molecule has 11 heteroatoms. The highest BCUT2D eigenvalue weighted by atomic mass is 35.5. The van der Waals surface area contributed by atoms with Gasteiger partial charge < -0.3 is 10.6 Å². The summed E-state index contributed by atoms with van der Waals surface area (Å²) in [6, 6.07) is -1.35. The summed E-state index contributed by atoms with van der Waals surface area (Å²) in [7, 11) is 0. The topological polar surface area (TPSA) is 89.9 Å². The minimum Gasteiger partial charge on any atom is -0.339 e. The largest absolute Gasteiger partial charge is 0.412 e. The zero-order chi connectivity index (χ0) is 17.9. The Morgan fingerprint density at radius 3 is 2.83 bits per heavy atom. The lowest BCUT2D eigenvalue weighted by molar-refractivity contribution is -0.164. The number of carbonyl (C=O) groups is 1. The molecular weight excluding hydrogens is 354 g/mol. The van der Waals surface area contributed by atoms with Crippen molar-refractivity contribution in [3.8, 4) is 0 Å². The number of nitrogens with zero attached hydrogens (tertiary/aromatic N) is 3. The zero-order valence-corrected chi connectivity index (χ0v) is 12.8. The quantitative estimate of drug-likeness (QED) is 0.371. The molecule has 1 aromatic carbocycles. The van der Waals surface area contributed by atoms with Crippen LogP contribution in [0.2, 0.25) is 5.02 Å². The molecule has 0 aromatic heterocycles. The van der Waals surface area contributed by atoms with Crippen LogP contribution in [-0.2, 0) is 4.79 Å². The Morgan fingerprint density at radius 2 is 2.21 bits per heavy atom. The molecular formula is C13H12ClF4N5O. The van der Waals surface area contributed by atoms with Crippen molar-refractivity contribution in [2.75, 3.05) is 6.54 Å². The minimum absolute atomic E-state index is 0.310. The van der Waals surface area contributed by atoms with Gasteiger partial charge in [0.15, 0.2) is 6.04 Å². The molecule has 3 atom stereocenters. The van der Waals surface area contributed by atoms with E-state index in [1.54, 1.807) is 5.32 Å². The Labute approximate surface area is 138 Å². The number of halogens is 5. The normalized spacial score (nSPS) is 21.9. The third-order valence-electron chi connectivity index (χ3n) is 3.58. The molecule has 0 aliphatic carbocycles. The molecule has 0 radical (unpaired) electrons. The van der Waals surface area contributed by atoms with Crippen LogP contribution in [0.5, 0.6) is 0 Å². The first-order valence-electron chi connectivity index (χ1n) is 6.84. The van der Waals surface area contributed by atoms with Crippen molar-refractivity contribution >= 4 is 17.5 Å². The number of hydrogen-bond donors (Lipinski definition) is 2. The molecule has 1 heterocycles. The van der Waals surface area contributed by atoms with Crippen molar-refractivity contribution in [2.24, 2.45) is 5.11 Å². The number of alkyl halides is 3. The molecule has 130 valence electrons. The molecule has 1 saturated heterocycles. The van der Waals surface area contributed by atoms with E-state index in [1.807, 2.05) is 0 Å². The van der Waals surface area contributed by atoms with E-state index in [9.17, 15) is 22.4 Å². The summed E-state index contributed by atoms with van der Waals surface area (Å²) in [6.45, 7) is 0.310. The van der Waals surface area contributed by atoms with Gasteiger partial charge in [-0.3, -0.25) is 4.79 Å². The number of benzene rings is 1. The number of azide groups is 1. The van der Waals surface area contributed by atoms with Crippen molar-refractivity contribution in [1.29, 1.82) is 0 Å². The first kappa shape index (κ1) is 18.3.